The Labute approximate surface area is 167 Å². The van der Waals surface area contributed by atoms with Gasteiger partial charge in [0.25, 0.3) is 0 Å². The largest absolute Gasteiger partial charge is 0.352 e. The van der Waals surface area contributed by atoms with Crippen molar-refractivity contribution in [1.82, 2.24) is 14.9 Å². The Kier molecular flexibility index (Phi) is 5.60. The Morgan fingerprint density at radius 3 is 2.57 bits per heavy atom. The third kappa shape index (κ3) is 3.89. The third-order valence-corrected chi connectivity index (χ3v) is 6.10. The van der Waals surface area contributed by atoms with Crippen LogP contribution in [0.5, 0.6) is 0 Å². The summed E-state index contributed by atoms with van der Waals surface area (Å²) in [7, 11) is 0. The van der Waals surface area contributed by atoms with E-state index in [1.54, 1.807) is 0 Å². The maximum Gasteiger partial charge on any atom is 0.222 e. The lowest BCUT2D eigenvalue weighted by atomic mass is 9.94. The molecule has 3 heterocycles. The van der Waals surface area contributed by atoms with Crippen molar-refractivity contribution in [3.05, 3.63) is 53.0 Å². The van der Waals surface area contributed by atoms with E-state index in [1.165, 1.54) is 11.1 Å². The van der Waals surface area contributed by atoms with Crippen LogP contribution in [-0.4, -0.2) is 40.4 Å². The number of amides is 1. The van der Waals surface area contributed by atoms with E-state index in [1.807, 2.05) is 11.8 Å². The van der Waals surface area contributed by atoms with E-state index in [9.17, 15) is 4.79 Å². The fourth-order valence-corrected chi connectivity index (χ4v) is 4.46. The van der Waals surface area contributed by atoms with Crippen molar-refractivity contribution in [2.24, 2.45) is 0 Å². The summed E-state index contributed by atoms with van der Waals surface area (Å²) in [5.41, 5.74) is 3.76. The van der Waals surface area contributed by atoms with Crippen LogP contribution in [-0.2, 0) is 17.8 Å². The first kappa shape index (κ1) is 18.9. The second-order valence-corrected chi connectivity index (χ2v) is 7.99. The molecule has 2 aliphatic rings. The predicted molar refractivity (Wildman–Crippen MR) is 111 cm³/mol. The fraction of sp³-hybridized carbons (Fsp3) is 0.522. The number of aryl methyl sites for hydroxylation is 1. The van der Waals surface area contributed by atoms with Gasteiger partial charge in [0.1, 0.15) is 11.6 Å². The zero-order valence-electron chi connectivity index (χ0n) is 17.0. The standard InChI is InChI=1S/C23H30N4O/c1-3-21(28)26-14-11-19(12-15-26)22-24-17(2)20-10-7-13-27(23(20)25-22)16-18-8-5-4-6-9-18/h4-6,8-9,19H,3,7,10-16H2,1-2H3. The number of piperidine rings is 1. The van der Waals surface area contributed by atoms with Gasteiger partial charge >= 0.3 is 0 Å². The summed E-state index contributed by atoms with van der Waals surface area (Å²) < 4.78 is 0. The molecular formula is C23H30N4O. The second-order valence-electron chi connectivity index (χ2n) is 7.99. The molecular weight excluding hydrogens is 348 g/mol. The molecule has 0 radical (unpaired) electrons. The zero-order valence-corrected chi connectivity index (χ0v) is 17.0. The summed E-state index contributed by atoms with van der Waals surface area (Å²) in [5.74, 6) is 2.71. The highest BCUT2D eigenvalue weighted by Gasteiger charge is 2.28. The Morgan fingerprint density at radius 2 is 1.86 bits per heavy atom. The fourth-order valence-electron chi connectivity index (χ4n) is 4.46. The molecule has 0 aliphatic carbocycles. The zero-order chi connectivity index (χ0) is 19.5. The first-order valence-corrected chi connectivity index (χ1v) is 10.6. The quantitative estimate of drug-likeness (QED) is 0.811. The molecule has 0 N–H and O–H groups in total. The Bertz CT molecular complexity index is 828. The van der Waals surface area contributed by atoms with Gasteiger partial charge in [-0.3, -0.25) is 4.79 Å². The molecule has 1 aromatic heterocycles. The number of rotatable bonds is 4. The van der Waals surface area contributed by atoms with Crippen LogP contribution in [0.1, 0.15) is 61.2 Å². The minimum absolute atomic E-state index is 0.259. The topological polar surface area (TPSA) is 49.3 Å². The van der Waals surface area contributed by atoms with E-state index >= 15 is 0 Å². The molecule has 148 valence electrons. The van der Waals surface area contributed by atoms with E-state index in [4.69, 9.17) is 9.97 Å². The first-order valence-electron chi connectivity index (χ1n) is 10.6. The molecule has 2 aromatic rings. The van der Waals surface area contributed by atoms with E-state index in [0.717, 1.165) is 69.2 Å². The smallest absolute Gasteiger partial charge is 0.222 e. The Hall–Kier alpha value is -2.43. The normalized spacial score (nSPS) is 17.5. The Morgan fingerprint density at radius 1 is 1.11 bits per heavy atom. The highest BCUT2D eigenvalue weighted by molar-refractivity contribution is 5.75. The van der Waals surface area contributed by atoms with Gasteiger partial charge in [-0.2, -0.15) is 0 Å². The minimum Gasteiger partial charge on any atom is -0.352 e. The number of anilines is 1. The molecule has 5 heteroatoms. The van der Waals surface area contributed by atoms with Crippen LogP contribution in [0, 0.1) is 6.92 Å². The highest BCUT2D eigenvalue weighted by atomic mass is 16.2. The summed E-state index contributed by atoms with van der Waals surface area (Å²) in [6, 6.07) is 10.6. The van der Waals surface area contributed by atoms with Gasteiger partial charge in [0.05, 0.1) is 0 Å². The molecule has 0 spiro atoms. The number of hydrogen-bond acceptors (Lipinski definition) is 4. The van der Waals surface area contributed by atoms with E-state index in [-0.39, 0.29) is 5.91 Å². The van der Waals surface area contributed by atoms with E-state index < -0.39 is 0 Å². The number of fused-ring (bicyclic) bond motifs is 1. The van der Waals surface area contributed by atoms with Crippen molar-refractivity contribution >= 4 is 11.7 Å². The van der Waals surface area contributed by atoms with E-state index in [2.05, 4.69) is 42.2 Å². The van der Waals surface area contributed by atoms with Crippen LogP contribution in [0.4, 0.5) is 5.82 Å². The number of aromatic nitrogens is 2. The number of carbonyl (C=O) groups excluding carboxylic acids is 1. The summed E-state index contributed by atoms with van der Waals surface area (Å²) in [4.78, 5) is 26.3. The van der Waals surface area contributed by atoms with Crippen molar-refractivity contribution in [2.45, 2.75) is 58.4 Å². The highest BCUT2D eigenvalue weighted by Crippen LogP contribution is 2.33. The van der Waals surface area contributed by atoms with Crippen LogP contribution in [0.3, 0.4) is 0 Å². The summed E-state index contributed by atoms with van der Waals surface area (Å²) in [5, 5.41) is 0. The van der Waals surface area contributed by atoms with Crippen LogP contribution in [0.25, 0.3) is 0 Å². The average Bonchev–Trinajstić information content (AvgIpc) is 2.74. The molecule has 1 aromatic carbocycles. The molecule has 0 atom stereocenters. The lowest BCUT2D eigenvalue weighted by Gasteiger charge is -2.34. The molecule has 1 saturated heterocycles. The van der Waals surface area contributed by atoms with Crippen molar-refractivity contribution < 1.29 is 4.79 Å². The van der Waals surface area contributed by atoms with Gasteiger partial charge in [-0.05, 0) is 38.2 Å². The monoisotopic (exact) mass is 378 g/mol. The lowest BCUT2D eigenvalue weighted by Crippen LogP contribution is -2.38. The van der Waals surface area contributed by atoms with Gasteiger partial charge in [-0.1, -0.05) is 37.3 Å². The van der Waals surface area contributed by atoms with Crippen molar-refractivity contribution in [2.75, 3.05) is 24.5 Å². The predicted octanol–water partition coefficient (Wildman–Crippen LogP) is 3.85. The van der Waals surface area contributed by atoms with Crippen LogP contribution in [0.2, 0.25) is 0 Å². The molecule has 0 unspecified atom stereocenters. The number of hydrogen-bond donors (Lipinski definition) is 0. The van der Waals surface area contributed by atoms with Gasteiger partial charge in [0.2, 0.25) is 5.91 Å². The maximum atomic E-state index is 12.0. The molecule has 5 nitrogen and oxygen atoms in total. The van der Waals surface area contributed by atoms with E-state index in [0.29, 0.717) is 12.3 Å². The van der Waals surface area contributed by atoms with Crippen molar-refractivity contribution in [3.8, 4) is 0 Å². The number of benzene rings is 1. The average molecular weight is 379 g/mol. The number of carbonyl (C=O) groups is 1. The summed E-state index contributed by atoms with van der Waals surface area (Å²) >= 11 is 0. The van der Waals surface area contributed by atoms with Gasteiger partial charge in [-0.15, -0.1) is 0 Å². The third-order valence-electron chi connectivity index (χ3n) is 6.10. The molecule has 0 saturated carbocycles. The summed E-state index contributed by atoms with van der Waals surface area (Å²) in [6.45, 7) is 7.65. The molecule has 4 rings (SSSR count). The minimum atomic E-state index is 0.259. The molecule has 2 aliphatic heterocycles. The Balaban J connectivity index is 1.55. The van der Waals surface area contributed by atoms with Crippen LogP contribution in [0.15, 0.2) is 30.3 Å². The number of nitrogens with zero attached hydrogens (tertiary/aromatic N) is 4. The second kappa shape index (κ2) is 8.29. The van der Waals surface area contributed by atoms with Crippen molar-refractivity contribution in [3.63, 3.8) is 0 Å². The molecule has 1 fully saturated rings. The van der Waals surface area contributed by atoms with Crippen molar-refractivity contribution in [1.29, 1.82) is 0 Å². The molecule has 0 bridgehead atoms. The molecule has 28 heavy (non-hydrogen) atoms. The molecule has 1 amide bonds. The summed E-state index contributed by atoms with van der Waals surface area (Å²) in [6.07, 6.45) is 4.73. The SMILES string of the molecule is CCC(=O)N1CCC(c2nc(C)c3c(n2)N(Cc2ccccc2)CCC3)CC1. The first-order chi connectivity index (χ1) is 13.7. The van der Waals surface area contributed by atoms with Crippen LogP contribution >= 0.6 is 0 Å². The lowest BCUT2D eigenvalue weighted by molar-refractivity contribution is -0.131. The number of likely N-dealkylation sites (tertiary alicyclic amines) is 1. The van der Waals surface area contributed by atoms with Gasteiger partial charge in [0.15, 0.2) is 0 Å². The van der Waals surface area contributed by atoms with Crippen LogP contribution < -0.4 is 4.90 Å². The van der Waals surface area contributed by atoms with Gasteiger partial charge < -0.3 is 9.80 Å². The van der Waals surface area contributed by atoms with Gasteiger partial charge in [-0.25, -0.2) is 9.97 Å². The maximum absolute atomic E-state index is 12.0. The van der Waals surface area contributed by atoms with Gasteiger partial charge in [0, 0.05) is 49.8 Å².